The third-order valence-electron chi connectivity index (χ3n) is 6.15. The van der Waals surface area contributed by atoms with Gasteiger partial charge in [-0.25, -0.2) is 0 Å². The maximum absolute atomic E-state index is 13.3. The summed E-state index contributed by atoms with van der Waals surface area (Å²) in [5.74, 6) is 1.24. The SMILES string of the molecule is CCCCn1c(N2CCCC(C)C2)c(/C=C2/SC(=S)N(C(C)C)C2=O)c(C)c(C#N)c1=O. The smallest absolute Gasteiger partial charge is 0.270 e. The fourth-order valence-electron chi connectivity index (χ4n) is 4.45. The van der Waals surface area contributed by atoms with Crippen molar-refractivity contribution in [1.29, 1.82) is 5.26 Å². The third-order valence-corrected chi connectivity index (χ3v) is 7.48. The minimum Gasteiger partial charge on any atom is -0.357 e. The average Bonchev–Trinajstić information content (AvgIpc) is 3.02. The van der Waals surface area contributed by atoms with E-state index < -0.39 is 0 Å². The molecule has 0 spiro atoms. The summed E-state index contributed by atoms with van der Waals surface area (Å²) in [4.78, 5) is 30.8. The van der Waals surface area contributed by atoms with Crippen molar-refractivity contribution in [1.82, 2.24) is 9.47 Å². The number of carbonyl (C=O) groups excluding carboxylic acids is 1. The van der Waals surface area contributed by atoms with Gasteiger partial charge in [0, 0.05) is 31.2 Å². The topological polar surface area (TPSA) is 69.3 Å². The molecular weight excluding hydrogens is 440 g/mol. The molecule has 3 heterocycles. The van der Waals surface area contributed by atoms with E-state index in [1.54, 1.807) is 9.47 Å². The van der Waals surface area contributed by atoms with Gasteiger partial charge in [0.1, 0.15) is 21.8 Å². The van der Waals surface area contributed by atoms with Crippen molar-refractivity contribution in [3.63, 3.8) is 0 Å². The van der Waals surface area contributed by atoms with E-state index in [0.717, 1.165) is 50.2 Å². The molecule has 2 fully saturated rings. The van der Waals surface area contributed by atoms with Crippen LogP contribution >= 0.6 is 24.0 Å². The van der Waals surface area contributed by atoms with Crippen LogP contribution in [0.4, 0.5) is 5.82 Å². The lowest BCUT2D eigenvalue weighted by atomic mass is 9.97. The summed E-state index contributed by atoms with van der Waals surface area (Å²) in [7, 11) is 0. The second-order valence-electron chi connectivity index (χ2n) is 9.00. The highest BCUT2D eigenvalue weighted by Crippen LogP contribution is 2.37. The van der Waals surface area contributed by atoms with Gasteiger partial charge in [-0.05, 0) is 57.6 Å². The molecule has 1 amide bonds. The second kappa shape index (κ2) is 10.2. The molecular formula is C24H32N4O2S2. The summed E-state index contributed by atoms with van der Waals surface area (Å²) < 4.78 is 2.31. The highest BCUT2D eigenvalue weighted by Gasteiger charge is 2.35. The molecule has 0 saturated carbocycles. The van der Waals surface area contributed by atoms with Gasteiger partial charge in [0.25, 0.3) is 11.5 Å². The van der Waals surface area contributed by atoms with Gasteiger partial charge in [-0.1, -0.05) is 44.2 Å². The Balaban J connectivity index is 2.26. The Morgan fingerprint density at radius 3 is 2.62 bits per heavy atom. The number of pyridine rings is 1. The zero-order valence-corrected chi connectivity index (χ0v) is 21.2. The Hall–Kier alpha value is -2.11. The molecule has 0 aliphatic carbocycles. The van der Waals surface area contributed by atoms with Crippen LogP contribution in [0.1, 0.15) is 70.1 Å². The fraction of sp³-hybridized carbons (Fsp3) is 0.583. The van der Waals surface area contributed by atoms with E-state index in [4.69, 9.17) is 12.2 Å². The number of amides is 1. The lowest BCUT2D eigenvalue weighted by molar-refractivity contribution is -0.123. The summed E-state index contributed by atoms with van der Waals surface area (Å²) in [6.45, 7) is 12.3. The number of nitrogens with zero attached hydrogens (tertiary/aromatic N) is 4. The van der Waals surface area contributed by atoms with Gasteiger partial charge in [-0.2, -0.15) is 5.26 Å². The van der Waals surface area contributed by atoms with E-state index in [0.29, 0.717) is 27.3 Å². The Morgan fingerprint density at radius 2 is 2.06 bits per heavy atom. The number of thiocarbonyl (C=S) groups is 1. The number of aromatic nitrogens is 1. The number of hydrogen-bond donors (Lipinski definition) is 0. The molecule has 2 aliphatic rings. The van der Waals surface area contributed by atoms with Crippen LogP contribution < -0.4 is 10.5 Å². The number of anilines is 1. The molecule has 3 rings (SSSR count). The molecule has 6 nitrogen and oxygen atoms in total. The summed E-state index contributed by atoms with van der Waals surface area (Å²) in [6, 6.07) is 2.10. The Morgan fingerprint density at radius 1 is 1.34 bits per heavy atom. The molecule has 2 saturated heterocycles. The van der Waals surface area contributed by atoms with E-state index in [9.17, 15) is 14.9 Å². The van der Waals surface area contributed by atoms with Gasteiger partial charge in [0.15, 0.2) is 0 Å². The maximum Gasteiger partial charge on any atom is 0.270 e. The largest absolute Gasteiger partial charge is 0.357 e. The van der Waals surface area contributed by atoms with Crippen LogP contribution in [-0.4, -0.2) is 38.8 Å². The first-order valence-corrected chi connectivity index (χ1v) is 12.6. The molecule has 32 heavy (non-hydrogen) atoms. The normalized spacial score (nSPS) is 20.5. The maximum atomic E-state index is 13.3. The highest BCUT2D eigenvalue weighted by molar-refractivity contribution is 8.26. The minimum atomic E-state index is -0.237. The molecule has 1 unspecified atom stereocenters. The number of nitriles is 1. The zero-order valence-electron chi connectivity index (χ0n) is 19.6. The number of thioether (sulfide) groups is 1. The predicted molar refractivity (Wildman–Crippen MR) is 136 cm³/mol. The van der Waals surface area contributed by atoms with Crippen LogP contribution in [0.25, 0.3) is 6.08 Å². The number of hydrogen-bond acceptors (Lipinski definition) is 6. The Bertz CT molecular complexity index is 1050. The van der Waals surface area contributed by atoms with Gasteiger partial charge in [0.05, 0.1) is 4.91 Å². The molecule has 0 N–H and O–H groups in total. The third kappa shape index (κ3) is 4.65. The van der Waals surface area contributed by atoms with E-state index in [1.165, 1.54) is 11.8 Å². The van der Waals surface area contributed by atoms with E-state index in [2.05, 4.69) is 24.8 Å². The van der Waals surface area contributed by atoms with Gasteiger partial charge in [-0.3, -0.25) is 19.1 Å². The van der Waals surface area contributed by atoms with Crippen molar-refractivity contribution in [2.24, 2.45) is 5.92 Å². The number of rotatable bonds is 6. The number of carbonyl (C=O) groups is 1. The summed E-state index contributed by atoms with van der Waals surface area (Å²) >= 11 is 6.75. The quantitative estimate of drug-likeness (QED) is 0.442. The van der Waals surface area contributed by atoms with Crippen LogP contribution in [0.2, 0.25) is 0 Å². The van der Waals surface area contributed by atoms with Crippen molar-refractivity contribution < 1.29 is 4.79 Å². The first-order chi connectivity index (χ1) is 15.2. The monoisotopic (exact) mass is 472 g/mol. The molecule has 2 aliphatic heterocycles. The summed E-state index contributed by atoms with van der Waals surface area (Å²) in [6.07, 6.45) is 5.86. The predicted octanol–water partition coefficient (Wildman–Crippen LogP) is 4.67. The number of piperidine rings is 1. The van der Waals surface area contributed by atoms with Crippen LogP contribution in [0, 0.1) is 24.2 Å². The van der Waals surface area contributed by atoms with E-state index in [-0.39, 0.29) is 23.1 Å². The first-order valence-electron chi connectivity index (χ1n) is 11.4. The van der Waals surface area contributed by atoms with Crippen molar-refractivity contribution >= 4 is 46.1 Å². The van der Waals surface area contributed by atoms with Gasteiger partial charge >= 0.3 is 0 Å². The van der Waals surface area contributed by atoms with Crippen LogP contribution in [0.5, 0.6) is 0 Å². The highest BCUT2D eigenvalue weighted by atomic mass is 32.2. The van der Waals surface area contributed by atoms with Crippen LogP contribution in [0.3, 0.4) is 0 Å². The fourth-order valence-corrected chi connectivity index (χ4v) is 5.95. The van der Waals surface area contributed by atoms with Gasteiger partial charge < -0.3 is 4.90 Å². The lowest BCUT2D eigenvalue weighted by Gasteiger charge is -2.36. The van der Waals surface area contributed by atoms with Crippen molar-refractivity contribution in [2.45, 2.75) is 72.9 Å². The molecule has 0 aromatic carbocycles. The Labute approximate surface area is 200 Å². The second-order valence-corrected chi connectivity index (χ2v) is 10.7. The molecule has 0 radical (unpaired) electrons. The summed E-state index contributed by atoms with van der Waals surface area (Å²) in [5, 5.41) is 9.79. The van der Waals surface area contributed by atoms with Crippen LogP contribution in [0.15, 0.2) is 9.70 Å². The van der Waals surface area contributed by atoms with Crippen molar-refractivity contribution in [2.75, 3.05) is 18.0 Å². The molecule has 8 heteroatoms. The van der Waals surface area contributed by atoms with E-state index >= 15 is 0 Å². The number of unbranched alkanes of at least 4 members (excludes halogenated alkanes) is 1. The lowest BCUT2D eigenvalue weighted by Crippen LogP contribution is -2.40. The van der Waals surface area contributed by atoms with E-state index in [1.807, 2.05) is 26.8 Å². The summed E-state index contributed by atoms with van der Waals surface area (Å²) in [5.41, 5.74) is 1.34. The van der Waals surface area contributed by atoms with Crippen molar-refractivity contribution in [3.8, 4) is 6.07 Å². The van der Waals surface area contributed by atoms with Gasteiger partial charge in [0.2, 0.25) is 0 Å². The standard InChI is InChI=1S/C24H32N4O2S2/c1-6-7-11-27-21(26-10-8-9-16(4)14-26)18(17(5)19(13-25)22(27)29)12-20-23(30)28(15(2)3)24(31)32-20/h12,15-16H,6-11,14H2,1-5H3/b20-12+. The average molecular weight is 473 g/mol. The zero-order chi connectivity index (χ0) is 23.6. The molecule has 1 aromatic heterocycles. The van der Waals surface area contributed by atoms with Crippen LogP contribution in [-0.2, 0) is 11.3 Å². The molecule has 1 aromatic rings. The Kier molecular flexibility index (Phi) is 7.84. The molecule has 172 valence electrons. The molecule has 1 atom stereocenters. The van der Waals surface area contributed by atoms with Gasteiger partial charge in [-0.15, -0.1) is 0 Å². The first kappa shape index (κ1) is 24.5. The van der Waals surface area contributed by atoms with Crippen molar-refractivity contribution in [3.05, 3.63) is 31.9 Å². The minimum absolute atomic E-state index is 0.0231. The molecule has 0 bridgehead atoms.